The molecule has 8 nitrogen and oxygen atoms in total. The van der Waals surface area contributed by atoms with Crippen LogP contribution in [0.3, 0.4) is 0 Å². The van der Waals surface area contributed by atoms with Gasteiger partial charge in [-0.2, -0.15) is 4.98 Å². The molecule has 3 N–H and O–H groups in total. The van der Waals surface area contributed by atoms with E-state index >= 15 is 0 Å². The molecular weight excluding hydrogens is 464 g/mol. The van der Waals surface area contributed by atoms with Gasteiger partial charge in [-0.3, -0.25) is 0 Å². The summed E-state index contributed by atoms with van der Waals surface area (Å²) in [5, 5.41) is 21.0. The number of fused-ring (bicyclic) bond motifs is 1. The molecule has 0 radical (unpaired) electrons. The van der Waals surface area contributed by atoms with E-state index in [1.165, 1.54) is 4.90 Å². The molecule has 1 aromatic carbocycles. The third kappa shape index (κ3) is 3.66. The van der Waals surface area contributed by atoms with Crippen molar-refractivity contribution in [3.63, 3.8) is 0 Å². The average molecular weight is 488 g/mol. The summed E-state index contributed by atoms with van der Waals surface area (Å²) in [6.07, 6.45) is -0.979. The Morgan fingerprint density at radius 3 is 2.45 bits per heavy atom. The quantitative estimate of drug-likeness (QED) is 0.562. The van der Waals surface area contributed by atoms with Crippen molar-refractivity contribution < 1.29 is 15.0 Å². The Bertz CT molecular complexity index is 1050. The molecule has 1 fully saturated rings. The van der Waals surface area contributed by atoms with E-state index in [4.69, 9.17) is 11.6 Å². The Labute approximate surface area is 181 Å². The van der Waals surface area contributed by atoms with E-state index in [0.717, 1.165) is 5.56 Å². The number of piperazine rings is 1. The lowest BCUT2D eigenvalue weighted by Gasteiger charge is -2.44. The van der Waals surface area contributed by atoms with Gasteiger partial charge in [-0.25, -0.2) is 9.59 Å². The number of H-pyrrole nitrogens is 1. The fraction of sp³-hybridized carbons (Fsp3) is 0.526. The molecule has 2 atom stereocenters. The van der Waals surface area contributed by atoms with E-state index in [1.54, 1.807) is 0 Å². The van der Waals surface area contributed by atoms with Gasteiger partial charge in [-0.15, -0.1) is 0 Å². The zero-order valence-electron chi connectivity index (χ0n) is 16.9. The van der Waals surface area contributed by atoms with Crippen LogP contribution in [0.25, 0.3) is 10.9 Å². The second-order valence-corrected chi connectivity index (χ2v) is 9.67. The number of hydrogen-bond donors (Lipinski definition) is 3. The highest BCUT2D eigenvalue weighted by atomic mass is 79.9. The molecule has 2 aromatic rings. The monoisotopic (exact) mass is 486 g/mol. The second kappa shape index (κ2) is 7.36. The number of carboxylic acid groups (broad SMARTS) is 1. The number of aromatic nitrogens is 2. The maximum atomic E-state index is 12.4. The summed E-state index contributed by atoms with van der Waals surface area (Å²) >= 11 is 9.94. The number of benzene rings is 1. The van der Waals surface area contributed by atoms with Crippen molar-refractivity contribution in [1.82, 2.24) is 14.9 Å². The highest BCUT2D eigenvalue weighted by Crippen LogP contribution is 2.47. The van der Waals surface area contributed by atoms with Crippen LogP contribution < -0.4 is 10.6 Å². The van der Waals surface area contributed by atoms with E-state index in [1.807, 2.05) is 39.5 Å². The first-order valence-corrected chi connectivity index (χ1v) is 10.4. The van der Waals surface area contributed by atoms with Crippen LogP contribution in [-0.4, -0.2) is 56.3 Å². The lowest BCUT2D eigenvalue weighted by molar-refractivity contribution is 0.114. The van der Waals surface area contributed by atoms with Gasteiger partial charge in [-0.05, 0) is 40.8 Å². The van der Waals surface area contributed by atoms with Gasteiger partial charge in [0.25, 0.3) is 0 Å². The minimum absolute atomic E-state index is 0.163. The molecule has 0 unspecified atom stereocenters. The summed E-state index contributed by atoms with van der Waals surface area (Å²) in [6.45, 7) is 10.3. The molecule has 2 heterocycles. The van der Waals surface area contributed by atoms with E-state index in [-0.39, 0.29) is 29.9 Å². The van der Waals surface area contributed by atoms with Crippen LogP contribution in [0.4, 0.5) is 10.6 Å². The summed E-state index contributed by atoms with van der Waals surface area (Å²) in [5.41, 5.74) is -0.0324. The molecule has 10 heteroatoms. The number of halogens is 2. The molecular formula is C19H24BrClN4O4. The smallest absolute Gasteiger partial charge is 0.407 e. The van der Waals surface area contributed by atoms with Crippen LogP contribution in [0.2, 0.25) is 5.02 Å². The molecule has 3 rings (SSSR count). The van der Waals surface area contributed by atoms with Crippen molar-refractivity contribution >= 4 is 50.3 Å². The zero-order valence-corrected chi connectivity index (χ0v) is 19.2. The van der Waals surface area contributed by atoms with Crippen LogP contribution in [0.5, 0.6) is 5.75 Å². The van der Waals surface area contributed by atoms with Crippen LogP contribution in [-0.2, 0) is 5.41 Å². The molecule has 1 saturated heterocycles. The van der Waals surface area contributed by atoms with Crippen molar-refractivity contribution in [3.05, 3.63) is 25.5 Å². The number of nitrogens with zero attached hydrogens (tertiary/aromatic N) is 3. The minimum atomic E-state index is -0.979. The van der Waals surface area contributed by atoms with Gasteiger partial charge >= 0.3 is 11.8 Å². The van der Waals surface area contributed by atoms with Crippen molar-refractivity contribution in [3.8, 4) is 5.75 Å². The molecule has 1 aromatic heterocycles. The van der Waals surface area contributed by atoms with Crippen molar-refractivity contribution in [1.29, 1.82) is 0 Å². The number of phenolic OH excluding ortho intramolecular Hbond substituents is 1. The van der Waals surface area contributed by atoms with Crippen LogP contribution >= 0.6 is 27.5 Å². The Balaban J connectivity index is 2.34. The summed E-state index contributed by atoms with van der Waals surface area (Å²) in [5.74, 6) is 0.228. The SMILES string of the molecule is C[C@H]1CN(c2nc(=O)[nH]c3c(O)c(Br)c(Cl)c(C(C)(C)C)c23)[C@@H](C)CN1C(=O)O. The molecule has 1 amide bonds. The summed E-state index contributed by atoms with van der Waals surface area (Å²) in [6, 6.07) is -0.519. The number of anilines is 1. The Morgan fingerprint density at radius 1 is 1.28 bits per heavy atom. The molecule has 1 aliphatic rings. The molecule has 29 heavy (non-hydrogen) atoms. The number of aromatic hydroxyl groups is 1. The van der Waals surface area contributed by atoms with E-state index in [0.29, 0.717) is 27.2 Å². The largest absolute Gasteiger partial charge is 0.505 e. The Morgan fingerprint density at radius 2 is 1.90 bits per heavy atom. The molecule has 0 spiro atoms. The number of hydrogen-bond acceptors (Lipinski definition) is 5. The lowest BCUT2D eigenvalue weighted by atomic mass is 9.84. The maximum Gasteiger partial charge on any atom is 0.407 e. The summed E-state index contributed by atoms with van der Waals surface area (Å²) in [7, 11) is 0. The van der Waals surface area contributed by atoms with Crippen molar-refractivity contribution in [2.75, 3.05) is 18.0 Å². The number of phenols is 1. The van der Waals surface area contributed by atoms with Crippen molar-refractivity contribution in [2.45, 2.75) is 52.1 Å². The molecule has 0 bridgehead atoms. The number of rotatable bonds is 1. The third-order valence-electron chi connectivity index (χ3n) is 5.27. The molecule has 0 saturated carbocycles. The van der Waals surface area contributed by atoms with Gasteiger partial charge in [0.2, 0.25) is 0 Å². The Hall–Kier alpha value is -2.00. The van der Waals surface area contributed by atoms with Crippen molar-refractivity contribution in [2.24, 2.45) is 0 Å². The van der Waals surface area contributed by atoms with Gasteiger partial charge in [0.05, 0.1) is 20.4 Å². The molecule has 0 aliphatic carbocycles. The van der Waals surface area contributed by atoms with Crippen LogP contribution in [0, 0.1) is 0 Å². The van der Waals surface area contributed by atoms with Crippen LogP contribution in [0.15, 0.2) is 9.27 Å². The number of aromatic amines is 1. The first kappa shape index (κ1) is 21.7. The zero-order chi connectivity index (χ0) is 21.8. The topological polar surface area (TPSA) is 110 Å². The third-order valence-corrected chi connectivity index (χ3v) is 6.65. The first-order chi connectivity index (χ1) is 13.3. The molecule has 1 aliphatic heterocycles. The van der Waals surface area contributed by atoms with Gasteiger partial charge in [0, 0.05) is 25.2 Å². The molecule has 158 valence electrons. The number of carbonyl (C=O) groups is 1. The van der Waals surface area contributed by atoms with Gasteiger partial charge in [0.1, 0.15) is 5.82 Å². The van der Waals surface area contributed by atoms with Gasteiger partial charge in [-0.1, -0.05) is 32.4 Å². The summed E-state index contributed by atoms with van der Waals surface area (Å²) < 4.78 is 0.307. The van der Waals surface area contributed by atoms with E-state index < -0.39 is 17.2 Å². The fourth-order valence-electron chi connectivity index (χ4n) is 3.91. The fourth-order valence-corrected chi connectivity index (χ4v) is 4.77. The van der Waals surface area contributed by atoms with Crippen LogP contribution in [0.1, 0.15) is 40.2 Å². The second-order valence-electron chi connectivity index (χ2n) is 8.50. The maximum absolute atomic E-state index is 12.4. The number of amides is 1. The predicted molar refractivity (Wildman–Crippen MR) is 116 cm³/mol. The van der Waals surface area contributed by atoms with E-state index in [2.05, 4.69) is 25.9 Å². The average Bonchev–Trinajstić information content (AvgIpc) is 2.60. The highest BCUT2D eigenvalue weighted by Gasteiger charge is 2.36. The minimum Gasteiger partial charge on any atom is -0.505 e. The summed E-state index contributed by atoms with van der Waals surface area (Å²) in [4.78, 5) is 34.0. The Kier molecular flexibility index (Phi) is 5.51. The number of nitrogens with one attached hydrogen (secondary N) is 1. The van der Waals surface area contributed by atoms with E-state index in [9.17, 15) is 19.8 Å². The highest BCUT2D eigenvalue weighted by molar-refractivity contribution is 9.10. The lowest BCUT2D eigenvalue weighted by Crippen LogP contribution is -2.58. The van der Waals surface area contributed by atoms with Gasteiger partial charge in [0.15, 0.2) is 5.75 Å². The standard InChI is InChI=1S/C19H24BrClN4O4/c1-8-7-25(18(28)29)9(2)6-24(8)16-10-11(19(3,4)5)13(21)12(20)15(26)14(10)22-17(27)23-16/h8-9,26H,6-7H2,1-5H3,(H,28,29)(H,22,23,27)/t8-,9-/m0/s1. The van der Waals surface area contributed by atoms with Gasteiger partial charge < -0.3 is 25.0 Å². The predicted octanol–water partition coefficient (Wildman–Crippen LogP) is 3.92. The first-order valence-electron chi connectivity index (χ1n) is 9.25. The normalized spacial score (nSPS) is 20.4.